The monoisotopic (exact) mass is 674 g/mol. The van der Waals surface area contributed by atoms with Gasteiger partial charge in [0, 0.05) is 16.5 Å². The summed E-state index contributed by atoms with van der Waals surface area (Å²) < 4.78 is 7.05. The highest BCUT2D eigenvalue weighted by molar-refractivity contribution is 6.10. The summed E-state index contributed by atoms with van der Waals surface area (Å²) in [6.45, 7) is 0. The number of aromatic nitrogens is 4. The van der Waals surface area contributed by atoms with Crippen molar-refractivity contribution in [2.45, 2.75) is 0 Å². The molecular weight excluding hydrogens is 645 g/mol. The molecule has 246 valence electrons. The predicted molar refractivity (Wildman–Crippen MR) is 219 cm³/mol. The maximum atomic E-state index is 5.48. The highest BCUT2D eigenvalue weighted by Gasteiger charge is 2.25. The highest BCUT2D eigenvalue weighted by Crippen LogP contribution is 2.49. The largest absolute Gasteiger partial charge is 0.309 e. The van der Waals surface area contributed by atoms with E-state index in [9.17, 15) is 0 Å². The van der Waals surface area contributed by atoms with Gasteiger partial charge in [-0.05, 0) is 99.1 Å². The first kappa shape index (κ1) is 28.5. The lowest BCUT2D eigenvalue weighted by atomic mass is 9.81. The third-order valence-electron chi connectivity index (χ3n) is 11.2. The summed E-state index contributed by atoms with van der Waals surface area (Å²) in [5, 5.41) is 2.51. The minimum atomic E-state index is 0.892. The third-order valence-corrected chi connectivity index (χ3v) is 11.2. The Kier molecular flexibility index (Phi) is 5.74. The second-order valence-electron chi connectivity index (χ2n) is 14.0. The van der Waals surface area contributed by atoms with Crippen LogP contribution in [0.15, 0.2) is 182 Å². The number of nitrogens with zero attached hydrogens (tertiary/aromatic N) is 4. The van der Waals surface area contributed by atoms with Gasteiger partial charge >= 0.3 is 0 Å². The minimum Gasteiger partial charge on any atom is -0.309 e. The van der Waals surface area contributed by atoms with Crippen LogP contribution in [0.25, 0.3) is 106 Å². The molecule has 3 heterocycles. The fraction of sp³-hybridized carbons (Fsp3) is 0. The van der Waals surface area contributed by atoms with Gasteiger partial charge in [0.05, 0.1) is 38.8 Å². The molecule has 4 heteroatoms. The van der Waals surface area contributed by atoms with Crippen molar-refractivity contribution in [2.24, 2.45) is 0 Å². The topological polar surface area (TPSA) is 27.2 Å². The maximum Gasteiger partial charge on any atom is 0.220 e. The van der Waals surface area contributed by atoms with Crippen molar-refractivity contribution < 1.29 is 0 Å². The van der Waals surface area contributed by atoms with Crippen molar-refractivity contribution >= 4 is 49.7 Å². The zero-order valence-corrected chi connectivity index (χ0v) is 28.6. The van der Waals surface area contributed by atoms with Gasteiger partial charge in [0.1, 0.15) is 0 Å². The fourth-order valence-electron chi connectivity index (χ4n) is 8.98. The molecule has 0 saturated heterocycles. The number of hydrogen-bond acceptors (Lipinski definition) is 1. The third kappa shape index (κ3) is 3.92. The van der Waals surface area contributed by atoms with Crippen molar-refractivity contribution in [2.75, 3.05) is 0 Å². The number of benzene rings is 8. The highest BCUT2D eigenvalue weighted by atomic mass is 15.2. The van der Waals surface area contributed by atoms with Gasteiger partial charge in [-0.25, -0.2) is 4.98 Å². The molecule has 0 spiro atoms. The standard InChI is InChI=1S/C49H30N4/c1-2-17-34-33(16-1)35-18-3-5-20-37(35)41-29-43-48(30-42(41)38-21-6-4-19-36(34)38)53-47-27-12-11-26-46(47)52(49(53)50-43)32-15-13-14-31(28-32)51-44-24-9-7-22-39(44)40-23-8-10-25-45(40)51/h1-30H. The molecule has 0 atom stereocenters. The van der Waals surface area contributed by atoms with E-state index in [0.717, 1.165) is 39.2 Å². The first-order valence-electron chi connectivity index (χ1n) is 18.1. The van der Waals surface area contributed by atoms with Crippen LogP contribution in [0.5, 0.6) is 0 Å². The number of imidazole rings is 2. The predicted octanol–water partition coefficient (Wildman–Crippen LogP) is 12.5. The number of rotatable bonds is 2. The summed E-state index contributed by atoms with van der Waals surface area (Å²) in [4.78, 5) is 5.48. The second kappa shape index (κ2) is 10.7. The Balaban J connectivity index is 1.15. The second-order valence-corrected chi connectivity index (χ2v) is 14.0. The van der Waals surface area contributed by atoms with Gasteiger partial charge < -0.3 is 4.57 Å². The van der Waals surface area contributed by atoms with Crippen LogP contribution in [0.3, 0.4) is 0 Å². The van der Waals surface area contributed by atoms with Crippen LogP contribution in [0.1, 0.15) is 0 Å². The molecule has 0 unspecified atom stereocenters. The summed E-state index contributed by atoms with van der Waals surface area (Å²) in [5.41, 5.74) is 18.7. The average Bonchev–Trinajstić information content (AvgIpc) is 3.86. The summed E-state index contributed by atoms with van der Waals surface area (Å²) >= 11 is 0. The molecule has 3 aromatic heterocycles. The first-order chi connectivity index (χ1) is 26.3. The fourth-order valence-corrected chi connectivity index (χ4v) is 8.98. The molecule has 0 N–H and O–H groups in total. The van der Waals surface area contributed by atoms with Gasteiger partial charge in [-0.1, -0.05) is 127 Å². The quantitative estimate of drug-likeness (QED) is 0.179. The molecule has 1 aliphatic carbocycles. The molecule has 0 aliphatic heterocycles. The number of para-hydroxylation sites is 4. The number of fused-ring (bicyclic) bond motifs is 16. The molecule has 4 nitrogen and oxygen atoms in total. The zero-order chi connectivity index (χ0) is 34.6. The molecule has 0 saturated carbocycles. The smallest absolute Gasteiger partial charge is 0.220 e. The van der Waals surface area contributed by atoms with E-state index < -0.39 is 0 Å². The Morgan fingerprint density at radius 3 is 1.30 bits per heavy atom. The number of hydrogen-bond donors (Lipinski definition) is 0. The van der Waals surface area contributed by atoms with Crippen LogP contribution in [0.2, 0.25) is 0 Å². The van der Waals surface area contributed by atoms with E-state index in [0.29, 0.717) is 0 Å². The van der Waals surface area contributed by atoms with Crippen LogP contribution in [0.4, 0.5) is 0 Å². The Morgan fingerprint density at radius 2 is 0.736 bits per heavy atom. The molecule has 53 heavy (non-hydrogen) atoms. The summed E-state index contributed by atoms with van der Waals surface area (Å²) in [7, 11) is 0. The lowest BCUT2D eigenvalue weighted by Crippen LogP contribution is -1.99. The molecule has 12 rings (SSSR count). The molecule has 0 amide bonds. The van der Waals surface area contributed by atoms with E-state index in [-0.39, 0.29) is 0 Å². The Hall–Kier alpha value is -7.17. The normalized spacial score (nSPS) is 12.2. The van der Waals surface area contributed by atoms with E-state index in [2.05, 4.69) is 196 Å². The maximum absolute atomic E-state index is 5.48. The molecule has 1 aliphatic rings. The van der Waals surface area contributed by atoms with Gasteiger partial charge in [0.15, 0.2) is 0 Å². The Bertz CT molecular complexity index is 3250. The first-order valence-corrected chi connectivity index (χ1v) is 18.1. The van der Waals surface area contributed by atoms with Gasteiger partial charge in [-0.3, -0.25) is 8.97 Å². The van der Waals surface area contributed by atoms with Gasteiger partial charge in [-0.2, -0.15) is 0 Å². The lowest BCUT2D eigenvalue weighted by Gasteiger charge is -2.23. The van der Waals surface area contributed by atoms with Gasteiger partial charge in [-0.15, -0.1) is 0 Å². The molecule has 0 fully saturated rings. The van der Waals surface area contributed by atoms with Crippen molar-refractivity contribution in [1.29, 1.82) is 0 Å². The molecule has 0 radical (unpaired) electrons. The Morgan fingerprint density at radius 1 is 0.302 bits per heavy atom. The van der Waals surface area contributed by atoms with E-state index in [1.807, 2.05) is 0 Å². The van der Waals surface area contributed by atoms with Crippen LogP contribution < -0.4 is 0 Å². The van der Waals surface area contributed by atoms with Crippen LogP contribution in [-0.4, -0.2) is 18.5 Å². The average molecular weight is 675 g/mol. The molecular formula is C49H30N4. The van der Waals surface area contributed by atoms with E-state index in [1.54, 1.807) is 0 Å². The van der Waals surface area contributed by atoms with Crippen molar-refractivity contribution in [3.8, 4) is 55.9 Å². The molecule has 11 aromatic rings. The zero-order valence-electron chi connectivity index (χ0n) is 28.6. The summed E-state index contributed by atoms with van der Waals surface area (Å²) in [5.74, 6) is 0.892. The molecule has 8 aromatic carbocycles. The van der Waals surface area contributed by atoms with Crippen molar-refractivity contribution in [1.82, 2.24) is 18.5 Å². The van der Waals surface area contributed by atoms with Crippen LogP contribution >= 0.6 is 0 Å². The lowest BCUT2D eigenvalue weighted by molar-refractivity contribution is 1.09. The summed E-state index contributed by atoms with van der Waals surface area (Å²) in [6.07, 6.45) is 0. The van der Waals surface area contributed by atoms with Gasteiger partial charge in [0.2, 0.25) is 5.78 Å². The summed E-state index contributed by atoms with van der Waals surface area (Å²) in [6, 6.07) is 66.1. The van der Waals surface area contributed by atoms with Crippen LogP contribution in [-0.2, 0) is 0 Å². The van der Waals surface area contributed by atoms with Gasteiger partial charge in [0.25, 0.3) is 0 Å². The SMILES string of the molecule is c1cc(-n2c3ccccc3c3ccccc32)cc(-n2c3ccccc3n3c4cc5c(cc4nc23)-c2ccccc2-c2ccccc2-c2ccccc2-5)c1. The van der Waals surface area contributed by atoms with Crippen LogP contribution in [0, 0.1) is 0 Å². The van der Waals surface area contributed by atoms with E-state index in [4.69, 9.17) is 4.98 Å². The molecule has 0 bridgehead atoms. The Labute approximate surface area is 305 Å². The van der Waals surface area contributed by atoms with Crippen molar-refractivity contribution in [3.05, 3.63) is 182 Å². The van der Waals surface area contributed by atoms with E-state index in [1.165, 1.54) is 66.3 Å². The van der Waals surface area contributed by atoms with Crippen molar-refractivity contribution in [3.63, 3.8) is 0 Å². The minimum absolute atomic E-state index is 0.892. The van der Waals surface area contributed by atoms with E-state index >= 15 is 0 Å².